The molecule has 0 atom stereocenters. The molecule has 162 valence electrons. The number of nitrogens with zero attached hydrogens (tertiary/aromatic N) is 1. The zero-order valence-corrected chi connectivity index (χ0v) is 18.1. The Hall–Kier alpha value is -3.06. The van der Waals surface area contributed by atoms with Gasteiger partial charge in [0, 0.05) is 17.7 Å². The lowest BCUT2D eigenvalue weighted by atomic mass is 9.94. The van der Waals surface area contributed by atoms with Crippen LogP contribution in [-0.4, -0.2) is 42.9 Å². The van der Waals surface area contributed by atoms with E-state index in [0.29, 0.717) is 27.8 Å². The van der Waals surface area contributed by atoms with E-state index >= 15 is 0 Å². The van der Waals surface area contributed by atoms with Gasteiger partial charge in [0.25, 0.3) is 17.7 Å². The second kappa shape index (κ2) is 8.59. The minimum atomic E-state index is -0.446. The Bertz CT molecular complexity index is 1060. The van der Waals surface area contributed by atoms with Gasteiger partial charge in [-0.3, -0.25) is 19.3 Å². The van der Waals surface area contributed by atoms with Crippen LogP contribution in [0.15, 0.2) is 30.3 Å². The number of hydrogen-bond donors (Lipinski definition) is 1. The summed E-state index contributed by atoms with van der Waals surface area (Å²) in [4.78, 5) is 40.0. The third kappa shape index (κ3) is 3.85. The normalized spacial score (nSPS) is 16.3. The van der Waals surface area contributed by atoms with E-state index in [2.05, 4.69) is 5.32 Å². The van der Waals surface area contributed by atoms with Crippen molar-refractivity contribution >= 4 is 35.0 Å². The van der Waals surface area contributed by atoms with E-state index in [1.165, 1.54) is 31.3 Å². The Labute approximate surface area is 185 Å². The number of fused-ring (bicyclic) bond motifs is 1. The van der Waals surface area contributed by atoms with Crippen LogP contribution in [0.3, 0.4) is 0 Å². The van der Waals surface area contributed by atoms with Gasteiger partial charge in [-0.25, -0.2) is 0 Å². The van der Waals surface area contributed by atoms with Gasteiger partial charge in [0.15, 0.2) is 0 Å². The molecule has 0 bridgehead atoms. The molecule has 7 nitrogen and oxygen atoms in total. The number of amides is 3. The van der Waals surface area contributed by atoms with Crippen molar-refractivity contribution in [1.82, 2.24) is 4.90 Å². The highest BCUT2D eigenvalue weighted by Crippen LogP contribution is 2.36. The van der Waals surface area contributed by atoms with Gasteiger partial charge in [0.2, 0.25) is 0 Å². The number of hydrogen-bond acceptors (Lipinski definition) is 5. The van der Waals surface area contributed by atoms with Gasteiger partial charge in [-0.05, 0) is 37.1 Å². The number of methoxy groups -OCH3 is 2. The summed E-state index contributed by atoms with van der Waals surface area (Å²) >= 11 is 6.17. The van der Waals surface area contributed by atoms with Gasteiger partial charge in [-0.1, -0.05) is 30.9 Å². The average molecular weight is 443 g/mol. The van der Waals surface area contributed by atoms with Crippen molar-refractivity contribution in [2.45, 2.75) is 38.1 Å². The fraction of sp³-hybridized carbons (Fsp3) is 0.348. The molecule has 3 amide bonds. The maximum atomic E-state index is 13.0. The lowest BCUT2D eigenvalue weighted by molar-refractivity contribution is 0.0549. The molecule has 0 radical (unpaired) electrons. The molecule has 1 heterocycles. The number of halogens is 1. The quantitative estimate of drug-likeness (QED) is 0.687. The average Bonchev–Trinajstić information content (AvgIpc) is 3.04. The minimum absolute atomic E-state index is 0.0656. The van der Waals surface area contributed by atoms with Crippen LogP contribution >= 0.6 is 11.6 Å². The lowest BCUT2D eigenvalue weighted by Crippen LogP contribution is -2.40. The number of carbonyl (C=O) groups is 3. The summed E-state index contributed by atoms with van der Waals surface area (Å²) in [6, 6.07) is 7.61. The van der Waals surface area contributed by atoms with E-state index in [9.17, 15) is 14.4 Å². The van der Waals surface area contributed by atoms with Crippen LogP contribution in [-0.2, 0) is 0 Å². The molecule has 4 rings (SSSR count). The van der Waals surface area contributed by atoms with Gasteiger partial charge in [-0.15, -0.1) is 0 Å². The minimum Gasteiger partial charge on any atom is -0.495 e. The number of anilines is 1. The zero-order chi connectivity index (χ0) is 22.1. The molecule has 8 heteroatoms. The lowest BCUT2D eigenvalue weighted by Gasteiger charge is -2.29. The second-order valence-corrected chi connectivity index (χ2v) is 8.08. The van der Waals surface area contributed by atoms with Crippen LogP contribution in [0.4, 0.5) is 5.69 Å². The molecule has 0 saturated heterocycles. The van der Waals surface area contributed by atoms with Crippen LogP contribution in [0.2, 0.25) is 5.02 Å². The Kier molecular flexibility index (Phi) is 5.87. The summed E-state index contributed by atoms with van der Waals surface area (Å²) in [6.07, 6.45) is 4.81. The monoisotopic (exact) mass is 442 g/mol. The van der Waals surface area contributed by atoms with Crippen LogP contribution in [0.25, 0.3) is 0 Å². The first kappa shape index (κ1) is 21.2. The van der Waals surface area contributed by atoms with E-state index in [0.717, 1.165) is 32.1 Å². The highest BCUT2D eigenvalue weighted by atomic mass is 35.5. The van der Waals surface area contributed by atoms with Crippen LogP contribution in [0.5, 0.6) is 11.5 Å². The van der Waals surface area contributed by atoms with Crippen LogP contribution < -0.4 is 14.8 Å². The Morgan fingerprint density at radius 2 is 1.65 bits per heavy atom. The summed E-state index contributed by atoms with van der Waals surface area (Å²) in [5.74, 6) is -0.251. The number of carbonyl (C=O) groups excluding carboxylic acids is 3. The van der Waals surface area contributed by atoms with Crippen molar-refractivity contribution < 1.29 is 23.9 Å². The van der Waals surface area contributed by atoms with Gasteiger partial charge >= 0.3 is 0 Å². The SMILES string of the molecule is COc1cc(OC)c(NC(=O)c2ccc3c(c2)C(=O)N(C2CCCCC2)C3=O)cc1Cl. The number of imide groups is 1. The molecule has 1 N–H and O–H groups in total. The predicted octanol–water partition coefficient (Wildman–Crippen LogP) is 4.54. The predicted molar refractivity (Wildman–Crippen MR) is 116 cm³/mol. The molecule has 1 aliphatic heterocycles. The Balaban J connectivity index is 1.59. The molecule has 0 spiro atoms. The summed E-state index contributed by atoms with van der Waals surface area (Å²) in [7, 11) is 2.95. The van der Waals surface area contributed by atoms with Crippen LogP contribution in [0.1, 0.15) is 63.2 Å². The van der Waals surface area contributed by atoms with E-state index < -0.39 is 5.91 Å². The van der Waals surface area contributed by atoms with Crippen molar-refractivity contribution in [2.75, 3.05) is 19.5 Å². The fourth-order valence-corrected chi connectivity index (χ4v) is 4.46. The van der Waals surface area contributed by atoms with Gasteiger partial charge < -0.3 is 14.8 Å². The summed E-state index contributed by atoms with van der Waals surface area (Å²) < 4.78 is 10.5. The van der Waals surface area contributed by atoms with Gasteiger partial charge in [-0.2, -0.15) is 0 Å². The molecule has 1 aliphatic carbocycles. The first-order chi connectivity index (χ1) is 14.9. The molecule has 2 aromatic carbocycles. The van der Waals surface area contributed by atoms with Crippen molar-refractivity contribution in [2.24, 2.45) is 0 Å². The van der Waals surface area contributed by atoms with E-state index in [1.807, 2.05) is 0 Å². The highest BCUT2D eigenvalue weighted by molar-refractivity contribution is 6.32. The molecule has 2 aromatic rings. The van der Waals surface area contributed by atoms with Crippen molar-refractivity contribution in [3.05, 3.63) is 52.0 Å². The molecule has 2 aliphatic rings. The van der Waals surface area contributed by atoms with E-state index in [4.69, 9.17) is 21.1 Å². The number of nitrogens with one attached hydrogen (secondary N) is 1. The molecule has 31 heavy (non-hydrogen) atoms. The Morgan fingerprint density at radius 1 is 0.968 bits per heavy atom. The Morgan fingerprint density at radius 3 is 2.32 bits per heavy atom. The molecule has 0 unspecified atom stereocenters. The van der Waals surface area contributed by atoms with Crippen LogP contribution in [0, 0.1) is 0 Å². The number of benzene rings is 2. The standard InChI is InChI=1S/C23H23ClN2O5/c1-30-19-12-20(31-2)18(11-17(19)24)25-21(27)13-8-9-15-16(10-13)23(29)26(22(15)28)14-6-4-3-5-7-14/h8-12,14H,3-7H2,1-2H3,(H,25,27). The third-order valence-electron chi connectivity index (χ3n) is 5.84. The second-order valence-electron chi connectivity index (χ2n) is 7.67. The molecule has 1 fully saturated rings. The topological polar surface area (TPSA) is 84.9 Å². The first-order valence-electron chi connectivity index (χ1n) is 10.2. The largest absolute Gasteiger partial charge is 0.495 e. The van der Waals surface area contributed by atoms with E-state index in [-0.39, 0.29) is 29.0 Å². The van der Waals surface area contributed by atoms with Crippen molar-refractivity contribution in [1.29, 1.82) is 0 Å². The van der Waals surface area contributed by atoms with Crippen molar-refractivity contribution in [3.63, 3.8) is 0 Å². The summed E-state index contributed by atoms with van der Waals surface area (Å²) in [5, 5.41) is 3.06. The highest BCUT2D eigenvalue weighted by Gasteiger charge is 2.40. The van der Waals surface area contributed by atoms with Gasteiger partial charge in [0.05, 0.1) is 36.1 Å². The first-order valence-corrected chi connectivity index (χ1v) is 10.6. The molecule has 1 saturated carbocycles. The molecular formula is C23H23ClN2O5. The fourth-order valence-electron chi connectivity index (χ4n) is 4.22. The molecular weight excluding hydrogens is 420 g/mol. The number of rotatable bonds is 5. The zero-order valence-electron chi connectivity index (χ0n) is 17.4. The molecule has 0 aromatic heterocycles. The summed E-state index contributed by atoms with van der Waals surface area (Å²) in [6.45, 7) is 0. The smallest absolute Gasteiger partial charge is 0.261 e. The van der Waals surface area contributed by atoms with E-state index in [1.54, 1.807) is 18.2 Å². The summed E-state index contributed by atoms with van der Waals surface area (Å²) in [5.41, 5.74) is 1.24. The third-order valence-corrected chi connectivity index (χ3v) is 6.14. The number of ether oxygens (including phenoxy) is 2. The maximum absolute atomic E-state index is 13.0. The van der Waals surface area contributed by atoms with Crippen molar-refractivity contribution in [3.8, 4) is 11.5 Å². The maximum Gasteiger partial charge on any atom is 0.261 e. The van der Waals surface area contributed by atoms with Gasteiger partial charge in [0.1, 0.15) is 11.5 Å².